The van der Waals surface area contributed by atoms with Crippen LogP contribution in [0.3, 0.4) is 0 Å². The summed E-state index contributed by atoms with van der Waals surface area (Å²) in [5, 5.41) is 3.60. The minimum Gasteiger partial charge on any atom is -0.342 e. The number of nitrogens with one attached hydrogen (secondary N) is 3. The Kier molecular flexibility index (Phi) is 5.94. The van der Waals surface area contributed by atoms with Gasteiger partial charge in [-0.2, -0.15) is 0 Å². The first-order chi connectivity index (χ1) is 21.1. The van der Waals surface area contributed by atoms with Gasteiger partial charge in [-0.1, -0.05) is 56.3 Å². The lowest BCUT2D eigenvalue weighted by molar-refractivity contribution is 0.281. The van der Waals surface area contributed by atoms with E-state index in [1.54, 1.807) is 11.1 Å². The Bertz CT molecular complexity index is 1830. The highest BCUT2D eigenvalue weighted by Gasteiger charge is 2.42. The molecule has 0 bridgehead atoms. The summed E-state index contributed by atoms with van der Waals surface area (Å²) in [4.78, 5) is 17.0. The lowest BCUT2D eigenvalue weighted by atomic mass is 9.73. The van der Waals surface area contributed by atoms with E-state index in [0.717, 1.165) is 41.8 Å². The fourth-order valence-corrected chi connectivity index (χ4v) is 8.74. The first kappa shape index (κ1) is 25.8. The summed E-state index contributed by atoms with van der Waals surface area (Å²) in [5.74, 6) is 5.85. The summed E-state index contributed by atoms with van der Waals surface area (Å²) in [6.45, 7) is 5.74. The highest BCUT2D eigenvalue weighted by atomic mass is 15.0. The quantitative estimate of drug-likeness (QED) is 0.199. The molecule has 3 fully saturated rings. The standard InChI is InChI=1S/C38H41N5/c1-21-3-4-27(15-21)37-41-32-14-10-26(18-33(32)42-37)28-12-13-29(36-30-11-9-25(30)17-31(28)36)23-5-7-24(8-6-23)35-20-40-38(43-35)34-16-22(2)19-39-34/h5-8,10,12-14,18,20-22,25,27,30,34,39H,3-4,9,11,15-17,19H2,1-2H3,(H,40,43)(H,41,42)/t21-,22+,25?,27+,30?,34+/m1/s1. The van der Waals surface area contributed by atoms with Crippen LogP contribution in [0.4, 0.5) is 0 Å². The molecule has 3 N–H and O–H groups in total. The number of aromatic nitrogens is 4. The van der Waals surface area contributed by atoms with Gasteiger partial charge in [-0.15, -0.1) is 0 Å². The number of fused-ring (bicyclic) bond motifs is 4. The van der Waals surface area contributed by atoms with E-state index in [4.69, 9.17) is 9.97 Å². The molecule has 5 heteroatoms. The zero-order chi connectivity index (χ0) is 28.7. The number of hydrogen-bond acceptors (Lipinski definition) is 3. The van der Waals surface area contributed by atoms with Crippen LogP contribution in [0.2, 0.25) is 0 Å². The lowest BCUT2D eigenvalue weighted by Crippen LogP contribution is -2.19. The van der Waals surface area contributed by atoms with Gasteiger partial charge in [-0.3, -0.25) is 0 Å². The molecule has 4 aliphatic rings. The van der Waals surface area contributed by atoms with Crippen molar-refractivity contribution in [1.82, 2.24) is 25.3 Å². The molecule has 2 saturated carbocycles. The smallest absolute Gasteiger partial charge is 0.123 e. The van der Waals surface area contributed by atoms with Crippen molar-refractivity contribution in [2.45, 2.75) is 76.7 Å². The van der Waals surface area contributed by atoms with Gasteiger partial charge in [0.05, 0.1) is 29.0 Å². The summed E-state index contributed by atoms with van der Waals surface area (Å²) < 4.78 is 0. The molecule has 5 aromatic rings. The van der Waals surface area contributed by atoms with Crippen LogP contribution in [0, 0.1) is 17.8 Å². The number of H-pyrrole nitrogens is 2. The van der Waals surface area contributed by atoms with E-state index < -0.39 is 0 Å². The summed E-state index contributed by atoms with van der Waals surface area (Å²) in [6.07, 6.45) is 10.9. The van der Waals surface area contributed by atoms with E-state index in [2.05, 4.69) is 83.7 Å². The SMILES string of the molecule is C[C@@H]1CC[C@H](c2nc3ccc(-c4ccc(-c5ccc(-c6cnc([C@@H]7C[C@H](C)CN7)[nH]6)cc5)c5c4CC4CCC54)cc3[nH]2)C1. The van der Waals surface area contributed by atoms with Gasteiger partial charge in [0.15, 0.2) is 0 Å². The molecule has 218 valence electrons. The molecule has 1 aliphatic heterocycles. The molecule has 0 radical (unpaired) electrons. The van der Waals surface area contributed by atoms with Gasteiger partial charge in [0.1, 0.15) is 11.6 Å². The van der Waals surface area contributed by atoms with Crippen molar-refractivity contribution >= 4 is 11.0 Å². The van der Waals surface area contributed by atoms with Crippen LogP contribution >= 0.6 is 0 Å². The Morgan fingerprint density at radius 2 is 1.58 bits per heavy atom. The molecule has 0 amide bonds. The van der Waals surface area contributed by atoms with E-state index >= 15 is 0 Å². The lowest BCUT2D eigenvalue weighted by Gasteiger charge is -2.31. The molecular formula is C38H41N5. The summed E-state index contributed by atoms with van der Waals surface area (Å²) in [7, 11) is 0. The second-order valence-electron chi connectivity index (χ2n) is 14.2. The van der Waals surface area contributed by atoms with Crippen molar-refractivity contribution in [3.05, 3.63) is 83.6 Å². The predicted octanol–water partition coefficient (Wildman–Crippen LogP) is 8.91. The van der Waals surface area contributed by atoms with Crippen LogP contribution in [0.25, 0.3) is 44.5 Å². The fourth-order valence-electron chi connectivity index (χ4n) is 8.74. The zero-order valence-electron chi connectivity index (χ0n) is 25.3. The van der Waals surface area contributed by atoms with Crippen molar-refractivity contribution < 1.29 is 0 Å². The molecule has 3 heterocycles. The normalized spacial score (nSPS) is 27.9. The van der Waals surface area contributed by atoms with Crippen molar-refractivity contribution in [3.63, 3.8) is 0 Å². The molecule has 5 nitrogen and oxygen atoms in total. The van der Waals surface area contributed by atoms with Crippen molar-refractivity contribution in [2.24, 2.45) is 17.8 Å². The van der Waals surface area contributed by atoms with Gasteiger partial charge in [-0.05, 0) is 126 Å². The Morgan fingerprint density at radius 3 is 2.35 bits per heavy atom. The Morgan fingerprint density at radius 1 is 0.744 bits per heavy atom. The monoisotopic (exact) mass is 567 g/mol. The Balaban J connectivity index is 1.04. The third kappa shape index (κ3) is 4.30. The number of rotatable bonds is 5. The maximum absolute atomic E-state index is 5.01. The van der Waals surface area contributed by atoms with E-state index in [1.165, 1.54) is 77.7 Å². The number of hydrogen-bond donors (Lipinski definition) is 3. The van der Waals surface area contributed by atoms with E-state index in [0.29, 0.717) is 23.8 Å². The molecule has 2 unspecified atom stereocenters. The van der Waals surface area contributed by atoms with Crippen molar-refractivity contribution in [2.75, 3.05) is 6.54 Å². The maximum Gasteiger partial charge on any atom is 0.123 e. The third-order valence-corrected chi connectivity index (χ3v) is 11.3. The second-order valence-corrected chi connectivity index (χ2v) is 14.2. The van der Waals surface area contributed by atoms with Gasteiger partial charge in [0.25, 0.3) is 0 Å². The summed E-state index contributed by atoms with van der Waals surface area (Å²) >= 11 is 0. The first-order valence-electron chi connectivity index (χ1n) is 16.6. The van der Waals surface area contributed by atoms with Crippen LogP contribution in [-0.2, 0) is 6.42 Å². The second kappa shape index (κ2) is 9.92. The molecule has 0 spiro atoms. The van der Waals surface area contributed by atoms with Crippen LogP contribution in [-0.4, -0.2) is 26.5 Å². The molecule has 1 saturated heterocycles. The van der Waals surface area contributed by atoms with Gasteiger partial charge < -0.3 is 15.3 Å². The molecular weight excluding hydrogens is 526 g/mol. The topological polar surface area (TPSA) is 69.4 Å². The van der Waals surface area contributed by atoms with E-state index in [-0.39, 0.29) is 0 Å². The average molecular weight is 568 g/mol. The van der Waals surface area contributed by atoms with Gasteiger partial charge in [0, 0.05) is 5.92 Å². The highest BCUT2D eigenvalue weighted by Crippen LogP contribution is 2.56. The van der Waals surface area contributed by atoms with Crippen LogP contribution in [0.5, 0.6) is 0 Å². The maximum atomic E-state index is 5.01. The Hall–Kier alpha value is -3.70. The largest absolute Gasteiger partial charge is 0.342 e. The van der Waals surface area contributed by atoms with Crippen LogP contribution < -0.4 is 5.32 Å². The molecule has 3 aliphatic carbocycles. The molecule has 9 rings (SSSR count). The molecule has 6 atom stereocenters. The van der Waals surface area contributed by atoms with Crippen molar-refractivity contribution in [3.8, 4) is 33.5 Å². The number of benzene rings is 3. The minimum atomic E-state index is 0.340. The molecule has 2 aromatic heterocycles. The summed E-state index contributed by atoms with van der Waals surface area (Å²) in [5.41, 5.74) is 13.3. The highest BCUT2D eigenvalue weighted by molar-refractivity contribution is 5.86. The zero-order valence-corrected chi connectivity index (χ0v) is 25.3. The minimum absolute atomic E-state index is 0.340. The predicted molar refractivity (Wildman–Crippen MR) is 174 cm³/mol. The van der Waals surface area contributed by atoms with Gasteiger partial charge >= 0.3 is 0 Å². The Labute approximate surface area is 254 Å². The van der Waals surface area contributed by atoms with Gasteiger partial charge in [0.2, 0.25) is 0 Å². The summed E-state index contributed by atoms with van der Waals surface area (Å²) in [6, 6.07) is 21.2. The van der Waals surface area contributed by atoms with Crippen LogP contribution in [0.15, 0.2) is 60.8 Å². The third-order valence-electron chi connectivity index (χ3n) is 11.3. The fraction of sp³-hybridized carbons (Fsp3) is 0.421. The van der Waals surface area contributed by atoms with Gasteiger partial charge in [-0.25, -0.2) is 9.97 Å². The first-order valence-corrected chi connectivity index (χ1v) is 16.6. The molecule has 3 aromatic carbocycles. The average Bonchev–Trinajstić information content (AvgIpc) is 3.83. The van der Waals surface area contributed by atoms with E-state index in [9.17, 15) is 0 Å². The number of imidazole rings is 2. The molecule has 43 heavy (non-hydrogen) atoms. The van der Waals surface area contributed by atoms with Crippen molar-refractivity contribution in [1.29, 1.82) is 0 Å². The van der Waals surface area contributed by atoms with Crippen LogP contribution in [0.1, 0.15) is 93.0 Å². The van der Waals surface area contributed by atoms with E-state index in [1.807, 2.05) is 6.20 Å². The number of aromatic amines is 2. The number of nitrogens with zero attached hydrogens (tertiary/aromatic N) is 2.